The van der Waals surface area contributed by atoms with Crippen LogP contribution in [0, 0.1) is 5.82 Å². The van der Waals surface area contributed by atoms with Gasteiger partial charge < -0.3 is 10.6 Å². The third-order valence-electron chi connectivity index (χ3n) is 3.04. The molecule has 2 heterocycles. The Morgan fingerprint density at radius 1 is 1.22 bits per heavy atom. The highest BCUT2D eigenvalue weighted by Crippen LogP contribution is 2.30. The predicted molar refractivity (Wildman–Crippen MR) is 69.9 cm³/mol. The quantitative estimate of drug-likeness (QED) is 0.805. The second-order valence-electron chi connectivity index (χ2n) is 4.34. The third kappa shape index (κ3) is 1.88. The smallest absolute Gasteiger partial charge is 0.167 e. The zero-order valence-corrected chi connectivity index (χ0v) is 10.3. The molecular weight excluding hydrogens is 253 g/mol. The van der Waals surface area contributed by atoms with Crippen LogP contribution >= 0.6 is 11.6 Å². The maximum absolute atomic E-state index is 13.8. The summed E-state index contributed by atoms with van der Waals surface area (Å²) in [5.74, 6) is -0.0718. The molecule has 1 aliphatic rings. The molecule has 0 radical (unpaired) electrons. The van der Waals surface area contributed by atoms with E-state index in [2.05, 4.69) is 4.98 Å². The number of aromatic nitrogens is 1. The fourth-order valence-corrected chi connectivity index (χ4v) is 2.35. The van der Waals surface area contributed by atoms with Crippen molar-refractivity contribution >= 4 is 23.1 Å². The molecule has 5 heteroatoms. The Hall–Kier alpha value is -1.81. The summed E-state index contributed by atoms with van der Waals surface area (Å²) in [6.07, 6.45) is 1.46. The van der Waals surface area contributed by atoms with Gasteiger partial charge in [0.15, 0.2) is 11.6 Å². The third-order valence-corrected chi connectivity index (χ3v) is 3.25. The Morgan fingerprint density at radius 3 is 2.78 bits per heavy atom. The summed E-state index contributed by atoms with van der Waals surface area (Å²) < 4.78 is 13.8. The molecular formula is C13H11ClFN3. The van der Waals surface area contributed by atoms with Gasteiger partial charge in [0.1, 0.15) is 0 Å². The highest BCUT2D eigenvalue weighted by atomic mass is 35.5. The van der Waals surface area contributed by atoms with Crippen molar-refractivity contribution in [3.8, 4) is 0 Å². The van der Waals surface area contributed by atoms with E-state index >= 15 is 0 Å². The van der Waals surface area contributed by atoms with Crippen LogP contribution in [-0.4, -0.2) is 4.98 Å². The van der Waals surface area contributed by atoms with Gasteiger partial charge in [0.05, 0.1) is 5.02 Å². The van der Waals surface area contributed by atoms with Gasteiger partial charge in [-0.1, -0.05) is 17.7 Å². The lowest BCUT2D eigenvalue weighted by molar-refractivity contribution is 0.611. The van der Waals surface area contributed by atoms with Crippen LogP contribution in [0.2, 0.25) is 5.02 Å². The molecule has 3 rings (SSSR count). The number of benzene rings is 1. The van der Waals surface area contributed by atoms with Crippen LogP contribution in [0.3, 0.4) is 0 Å². The molecule has 0 saturated heterocycles. The second kappa shape index (κ2) is 4.14. The molecule has 0 spiro atoms. The van der Waals surface area contributed by atoms with Gasteiger partial charge in [-0.2, -0.15) is 0 Å². The van der Waals surface area contributed by atoms with Crippen LogP contribution in [0.4, 0.5) is 15.9 Å². The van der Waals surface area contributed by atoms with Gasteiger partial charge in [-0.15, -0.1) is 0 Å². The Balaban J connectivity index is 1.93. The second-order valence-corrected chi connectivity index (χ2v) is 4.78. The summed E-state index contributed by atoms with van der Waals surface area (Å²) in [6, 6.07) is 7.02. The maximum atomic E-state index is 13.8. The van der Waals surface area contributed by atoms with Gasteiger partial charge in [0.25, 0.3) is 0 Å². The number of rotatable bonds is 1. The molecule has 1 aromatic heterocycles. The monoisotopic (exact) mass is 263 g/mol. The highest BCUT2D eigenvalue weighted by molar-refractivity contribution is 6.30. The number of pyridine rings is 1. The summed E-state index contributed by atoms with van der Waals surface area (Å²) in [5, 5.41) is 0.303. The van der Waals surface area contributed by atoms with Gasteiger partial charge in [-0.3, -0.25) is 0 Å². The van der Waals surface area contributed by atoms with Gasteiger partial charge in [-0.25, -0.2) is 9.37 Å². The SMILES string of the molecule is Nc1ccc2c(c1)CN(c1ncc(Cl)cc1F)C2. The number of nitrogen functional groups attached to an aromatic ring is 1. The van der Waals surface area contributed by atoms with E-state index in [1.165, 1.54) is 12.3 Å². The van der Waals surface area contributed by atoms with Gasteiger partial charge in [0, 0.05) is 25.0 Å². The number of hydrogen-bond acceptors (Lipinski definition) is 3. The summed E-state index contributed by atoms with van der Waals surface area (Å²) in [7, 11) is 0. The van der Waals surface area contributed by atoms with E-state index < -0.39 is 5.82 Å². The number of hydrogen-bond donors (Lipinski definition) is 1. The normalized spacial score (nSPS) is 13.8. The van der Waals surface area contributed by atoms with Crippen molar-refractivity contribution in [3.05, 3.63) is 52.4 Å². The fraction of sp³-hybridized carbons (Fsp3) is 0.154. The molecule has 2 N–H and O–H groups in total. The van der Waals surface area contributed by atoms with Crippen molar-refractivity contribution < 1.29 is 4.39 Å². The van der Waals surface area contributed by atoms with Crippen molar-refractivity contribution in [2.24, 2.45) is 0 Å². The molecule has 0 amide bonds. The predicted octanol–water partition coefficient (Wildman–Crippen LogP) is 2.98. The lowest BCUT2D eigenvalue weighted by Gasteiger charge is -2.16. The molecule has 92 valence electrons. The molecule has 1 aromatic carbocycles. The number of halogens is 2. The molecule has 3 nitrogen and oxygen atoms in total. The minimum Gasteiger partial charge on any atom is -0.399 e. The molecule has 0 aliphatic carbocycles. The molecule has 2 aromatic rings. The average Bonchev–Trinajstić information content (AvgIpc) is 2.71. The summed E-state index contributed by atoms with van der Waals surface area (Å²) in [5.41, 5.74) is 8.73. The van der Waals surface area contributed by atoms with Crippen molar-refractivity contribution in [1.82, 2.24) is 4.98 Å². The summed E-state index contributed by atoms with van der Waals surface area (Å²) in [6.45, 7) is 1.26. The first kappa shape index (κ1) is 11.3. The van der Waals surface area contributed by atoms with E-state index in [0.717, 1.165) is 16.8 Å². The summed E-state index contributed by atoms with van der Waals surface area (Å²) in [4.78, 5) is 5.92. The molecule has 0 unspecified atom stereocenters. The van der Waals surface area contributed by atoms with Crippen LogP contribution < -0.4 is 10.6 Å². The first-order valence-corrected chi connectivity index (χ1v) is 5.94. The van der Waals surface area contributed by atoms with E-state index in [0.29, 0.717) is 23.9 Å². The lowest BCUT2D eigenvalue weighted by atomic mass is 10.1. The van der Waals surface area contributed by atoms with Crippen LogP contribution in [0.1, 0.15) is 11.1 Å². The van der Waals surface area contributed by atoms with Crippen LogP contribution in [0.5, 0.6) is 0 Å². The van der Waals surface area contributed by atoms with E-state index in [1.807, 2.05) is 23.1 Å². The van der Waals surface area contributed by atoms with E-state index in [1.54, 1.807) is 0 Å². The zero-order chi connectivity index (χ0) is 12.7. The van der Waals surface area contributed by atoms with Crippen LogP contribution in [-0.2, 0) is 13.1 Å². The summed E-state index contributed by atoms with van der Waals surface area (Å²) >= 11 is 5.70. The van der Waals surface area contributed by atoms with Crippen molar-refractivity contribution in [2.75, 3.05) is 10.6 Å². The fourth-order valence-electron chi connectivity index (χ4n) is 2.20. The van der Waals surface area contributed by atoms with Crippen molar-refractivity contribution in [2.45, 2.75) is 13.1 Å². The number of nitrogens with two attached hydrogens (primary N) is 1. The van der Waals surface area contributed by atoms with E-state index in [9.17, 15) is 4.39 Å². The highest BCUT2D eigenvalue weighted by Gasteiger charge is 2.22. The van der Waals surface area contributed by atoms with Gasteiger partial charge in [0.2, 0.25) is 0 Å². The largest absolute Gasteiger partial charge is 0.399 e. The number of nitrogens with zero attached hydrogens (tertiary/aromatic N) is 2. The minimum absolute atomic E-state index is 0.303. The molecule has 1 aliphatic heterocycles. The molecule has 18 heavy (non-hydrogen) atoms. The van der Waals surface area contributed by atoms with Crippen molar-refractivity contribution in [3.63, 3.8) is 0 Å². The number of anilines is 2. The molecule has 0 bridgehead atoms. The molecule has 0 atom stereocenters. The van der Waals surface area contributed by atoms with Crippen LogP contribution in [0.15, 0.2) is 30.5 Å². The molecule has 0 saturated carbocycles. The van der Waals surface area contributed by atoms with Crippen LogP contribution in [0.25, 0.3) is 0 Å². The Labute approximate surface area is 109 Å². The Kier molecular flexibility index (Phi) is 2.59. The topological polar surface area (TPSA) is 42.1 Å². The first-order valence-electron chi connectivity index (χ1n) is 5.57. The van der Waals surface area contributed by atoms with E-state index in [4.69, 9.17) is 17.3 Å². The lowest BCUT2D eigenvalue weighted by Crippen LogP contribution is -2.17. The average molecular weight is 264 g/mol. The number of fused-ring (bicyclic) bond motifs is 1. The Morgan fingerprint density at radius 2 is 2.00 bits per heavy atom. The molecule has 0 fully saturated rings. The Bertz CT molecular complexity index is 615. The van der Waals surface area contributed by atoms with Gasteiger partial charge >= 0.3 is 0 Å². The standard InChI is InChI=1S/C13H11ClFN3/c14-10-4-12(15)13(17-5-10)18-6-8-1-2-11(16)3-9(8)7-18/h1-5H,6-7,16H2. The van der Waals surface area contributed by atoms with Crippen molar-refractivity contribution in [1.29, 1.82) is 0 Å². The zero-order valence-electron chi connectivity index (χ0n) is 9.53. The van der Waals surface area contributed by atoms with E-state index in [-0.39, 0.29) is 0 Å². The van der Waals surface area contributed by atoms with Gasteiger partial charge in [-0.05, 0) is 29.3 Å². The maximum Gasteiger partial charge on any atom is 0.167 e. The first-order chi connectivity index (χ1) is 8.63. The minimum atomic E-state index is -0.400.